The fourth-order valence-electron chi connectivity index (χ4n) is 2.94. The van der Waals surface area contributed by atoms with Crippen molar-refractivity contribution in [2.75, 3.05) is 13.2 Å². The van der Waals surface area contributed by atoms with Gasteiger partial charge in [-0.05, 0) is 63.6 Å². The second-order valence-corrected chi connectivity index (χ2v) is 6.91. The van der Waals surface area contributed by atoms with Crippen molar-refractivity contribution in [2.24, 2.45) is 0 Å². The molecule has 2 rings (SSSR count). The van der Waals surface area contributed by atoms with Gasteiger partial charge in [-0.1, -0.05) is 18.6 Å². The normalized spacial score (nSPS) is 15.2. The summed E-state index contributed by atoms with van der Waals surface area (Å²) in [5.41, 5.74) is 1.05. The molecule has 2 N–H and O–H groups in total. The minimum Gasteiger partial charge on any atom is -0.490 e. The highest BCUT2D eigenvalue weighted by Gasteiger charge is 2.14. The Bertz CT molecular complexity index is 513. The summed E-state index contributed by atoms with van der Waals surface area (Å²) in [4.78, 5) is 11.8. The van der Waals surface area contributed by atoms with Gasteiger partial charge >= 0.3 is 6.03 Å². The maximum Gasteiger partial charge on any atom is 0.315 e. The van der Waals surface area contributed by atoms with Crippen molar-refractivity contribution >= 4 is 6.03 Å². The zero-order valence-electron chi connectivity index (χ0n) is 15.6. The second-order valence-electron chi connectivity index (χ2n) is 6.91. The summed E-state index contributed by atoms with van der Waals surface area (Å²) in [6.07, 6.45) is 7.52. The first kappa shape index (κ1) is 19.6. The average Bonchev–Trinajstić information content (AvgIpc) is 2.61. The molecule has 0 spiro atoms. The fourth-order valence-corrected chi connectivity index (χ4v) is 2.94. The first-order valence-corrected chi connectivity index (χ1v) is 9.52. The van der Waals surface area contributed by atoms with Gasteiger partial charge in [0, 0.05) is 19.7 Å². The van der Waals surface area contributed by atoms with Crippen LogP contribution < -0.4 is 15.4 Å². The Kier molecular flexibility index (Phi) is 8.60. The van der Waals surface area contributed by atoms with Crippen LogP contribution in [0.1, 0.15) is 57.9 Å². The Balaban J connectivity index is 1.66. The maximum absolute atomic E-state index is 11.8. The molecule has 0 aromatic heterocycles. The van der Waals surface area contributed by atoms with E-state index in [-0.39, 0.29) is 12.1 Å². The van der Waals surface area contributed by atoms with Gasteiger partial charge in [0.2, 0.25) is 0 Å². The van der Waals surface area contributed by atoms with Crippen molar-refractivity contribution in [2.45, 2.75) is 71.1 Å². The number of ether oxygens (including phenoxy) is 2. The molecule has 0 aliphatic heterocycles. The molecule has 0 atom stereocenters. The van der Waals surface area contributed by atoms with Gasteiger partial charge in [-0.3, -0.25) is 0 Å². The van der Waals surface area contributed by atoms with Crippen LogP contribution in [0.15, 0.2) is 24.3 Å². The lowest BCUT2D eigenvalue weighted by Crippen LogP contribution is -2.36. The molecule has 2 amide bonds. The molecule has 1 saturated carbocycles. The second kappa shape index (κ2) is 11.0. The van der Waals surface area contributed by atoms with Crippen LogP contribution in [0.2, 0.25) is 0 Å². The zero-order chi connectivity index (χ0) is 17.9. The molecular weight excluding hydrogens is 316 g/mol. The molecule has 0 radical (unpaired) electrons. The largest absolute Gasteiger partial charge is 0.490 e. The van der Waals surface area contributed by atoms with Gasteiger partial charge in [-0.2, -0.15) is 0 Å². The average molecular weight is 348 g/mol. The van der Waals surface area contributed by atoms with Crippen molar-refractivity contribution < 1.29 is 14.3 Å². The van der Waals surface area contributed by atoms with E-state index in [0.29, 0.717) is 25.8 Å². The number of rotatable bonds is 9. The molecule has 0 unspecified atom stereocenters. The van der Waals surface area contributed by atoms with E-state index in [0.717, 1.165) is 30.6 Å². The van der Waals surface area contributed by atoms with E-state index in [9.17, 15) is 4.79 Å². The SMILES string of the molecule is CC(C)OCCCNC(=O)NCc1cccc(OC2CCCCC2)c1. The summed E-state index contributed by atoms with van der Waals surface area (Å²) < 4.78 is 11.5. The highest BCUT2D eigenvalue weighted by Crippen LogP contribution is 2.23. The third kappa shape index (κ3) is 8.25. The summed E-state index contributed by atoms with van der Waals surface area (Å²) in [5.74, 6) is 0.900. The minimum absolute atomic E-state index is 0.150. The van der Waals surface area contributed by atoms with Crippen LogP contribution in [0, 0.1) is 0 Å². The predicted molar refractivity (Wildman–Crippen MR) is 99.9 cm³/mol. The molecule has 0 bridgehead atoms. The summed E-state index contributed by atoms with van der Waals surface area (Å²) in [6, 6.07) is 7.85. The Hall–Kier alpha value is -1.75. The zero-order valence-corrected chi connectivity index (χ0v) is 15.6. The molecule has 0 heterocycles. The molecule has 0 saturated heterocycles. The number of nitrogens with one attached hydrogen (secondary N) is 2. The molecule has 5 nitrogen and oxygen atoms in total. The third-order valence-corrected chi connectivity index (χ3v) is 4.26. The van der Waals surface area contributed by atoms with E-state index in [1.54, 1.807) is 0 Å². The molecule has 1 aromatic carbocycles. The van der Waals surface area contributed by atoms with E-state index in [1.165, 1.54) is 19.3 Å². The van der Waals surface area contributed by atoms with Crippen molar-refractivity contribution in [1.29, 1.82) is 0 Å². The Morgan fingerprint density at radius 1 is 1.20 bits per heavy atom. The minimum atomic E-state index is -0.150. The summed E-state index contributed by atoms with van der Waals surface area (Å²) in [7, 11) is 0. The summed E-state index contributed by atoms with van der Waals surface area (Å²) in [5, 5.41) is 5.73. The van der Waals surface area contributed by atoms with Gasteiger partial charge in [-0.15, -0.1) is 0 Å². The van der Waals surface area contributed by atoms with Gasteiger partial charge in [0.25, 0.3) is 0 Å². The van der Waals surface area contributed by atoms with E-state index in [1.807, 2.05) is 38.1 Å². The van der Waals surface area contributed by atoms with Gasteiger partial charge in [-0.25, -0.2) is 4.79 Å². The number of amides is 2. The van der Waals surface area contributed by atoms with Crippen molar-refractivity contribution in [3.05, 3.63) is 29.8 Å². The molecule has 1 aliphatic rings. The van der Waals surface area contributed by atoms with E-state index >= 15 is 0 Å². The van der Waals surface area contributed by atoms with Crippen LogP contribution in [0.3, 0.4) is 0 Å². The number of urea groups is 1. The molecule has 140 valence electrons. The Morgan fingerprint density at radius 2 is 2.00 bits per heavy atom. The topological polar surface area (TPSA) is 59.6 Å². The summed E-state index contributed by atoms with van der Waals surface area (Å²) >= 11 is 0. The Labute approximate surface area is 151 Å². The smallest absolute Gasteiger partial charge is 0.315 e. The van der Waals surface area contributed by atoms with Crippen LogP contribution in [-0.2, 0) is 11.3 Å². The molecule has 25 heavy (non-hydrogen) atoms. The van der Waals surface area contributed by atoms with Crippen LogP contribution in [-0.4, -0.2) is 31.4 Å². The number of carbonyl (C=O) groups is 1. The molecular formula is C20H32N2O3. The van der Waals surface area contributed by atoms with Crippen LogP contribution in [0.5, 0.6) is 5.75 Å². The number of carbonyl (C=O) groups excluding carboxylic acids is 1. The van der Waals surface area contributed by atoms with Crippen molar-refractivity contribution in [3.8, 4) is 5.75 Å². The molecule has 1 fully saturated rings. The fraction of sp³-hybridized carbons (Fsp3) is 0.650. The highest BCUT2D eigenvalue weighted by atomic mass is 16.5. The van der Waals surface area contributed by atoms with E-state index < -0.39 is 0 Å². The standard InChI is InChI=1S/C20H32N2O3/c1-16(2)24-13-7-12-21-20(23)22-15-17-8-6-11-19(14-17)25-18-9-4-3-5-10-18/h6,8,11,14,16,18H,3-5,7,9-10,12-13,15H2,1-2H3,(H2,21,22,23). The number of hydrogen-bond acceptors (Lipinski definition) is 3. The third-order valence-electron chi connectivity index (χ3n) is 4.26. The number of hydrogen-bond donors (Lipinski definition) is 2. The van der Waals surface area contributed by atoms with Crippen molar-refractivity contribution in [3.63, 3.8) is 0 Å². The Morgan fingerprint density at radius 3 is 2.76 bits per heavy atom. The maximum atomic E-state index is 11.8. The van der Waals surface area contributed by atoms with E-state index in [2.05, 4.69) is 10.6 Å². The van der Waals surface area contributed by atoms with Gasteiger partial charge in [0.15, 0.2) is 0 Å². The number of benzene rings is 1. The lowest BCUT2D eigenvalue weighted by atomic mass is 9.98. The lowest BCUT2D eigenvalue weighted by molar-refractivity contribution is 0.0774. The molecule has 5 heteroatoms. The monoisotopic (exact) mass is 348 g/mol. The highest BCUT2D eigenvalue weighted by molar-refractivity contribution is 5.73. The van der Waals surface area contributed by atoms with Gasteiger partial charge in [0.1, 0.15) is 5.75 Å². The van der Waals surface area contributed by atoms with Crippen molar-refractivity contribution in [1.82, 2.24) is 10.6 Å². The van der Waals surface area contributed by atoms with Gasteiger partial charge < -0.3 is 20.1 Å². The molecule has 1 aliphatic carbocycles. The summed E-state index contributed by atoms with van der Waals surface area (Å²) in [6.45, 7) is 5.79. The predicted octanol–water partition coefficient (Wildman–Crippen LogP) is 4.01. The van der Waals surface area contributed by atoms with Crippen LogP contribution in [0.25, 0.3) is 0 Å². The van der Waals surface area contributed by atoms with Crippen LogP contribution >= 0.6 is 0 Å². The van der Waals surface area contributed by atoms with Gasteiger partial charge in [0.05, 0.1) is 12.2 Å². The van der Waals surface area contributed by atoms with E-state index in [4.69, 9.17) is 9.47 Å². The first-order chi connectivity index (χ1) is 12.1. The lowest BCUT2D eigenvalue weighted by Gasteiger charge is -2.23. The first-order valence-electron chi connectivity index (χ1n) is 9.52. The molecule has 1 aromatic rings. The van der Waals surface area contributed by atoms with Crippen LogP contribution in [0.4, 0.5) is 4.79 Å². The quantitative estimate of drug-likeness (QED) is 0.663.